The summed E-state index contributed by atoms with van der Waals surface area (Å²) < 4.78 is 0. The lowest BCUT2D eigenvalue weighted by Gasteiger charge is -2.25. The van der Waals surface area contributed by atoms with Gasteiger partial charge >= 0.3 is 5.97 Å². The first-order valence-electron chi connectivity index (χ1n) is 7.76. The van der Waals surface area contributed by atoms with Crippen molar-refractivity contribution in [1.29, 1.82) is 0 Å². The van der Waals surface area contributed by atoms with E-state index < -0.39 is 17.8 Å². The number of hydrogen-bond acceptors (Lipinski definition) is 6. The Bertz CT molecular complexity index is 659. The molecule has 0 radical (unpaired) electrons. The van der Waals surface area contributed by atoms with Crippen molar-refractivity contribution in [3.8, 4) is 0 Å². The lowest BCUT2D eigenvalue weighted by molar-refractivity contribution is -0.194. The minimum atomic E-state index is -0.702. The molecule has 3 aliphatic rings. The zero-order valence-electron chi connectivity index (χ0n) is 12.9. The van der Waals surface area contributed by atoms with Crippen LogP contribution in [0.4, 0.5) is 0 Å². The Morgan fingerprint density at radius 3 is 2.21 bits per heavy atom. The lowest BCUT2D eigenvalue weighted by Crippen LogP contribution is -2.36. The summed E-state index contributed by atoms with van der Waals surface area (Å²) in [6, 6.07) is 0. The molecule has 8 nitrogen and oxygen atoms in total. The van der Waals surface area contributed by atoms with Crippen molar-refractivity contribution in [1.82, 2.24) is 9.96 Å². The highest BCUT2D eigenvalue weighted by molar-refractivity contribution is 6.12. The van der Waals surface area contributed by atoms with Gasteiger partial charge in [0.05, 0.1) is 0 Å². The fraction of sp³-hybridized carbons (Fsp3) is 0.438. The van der Waals surface area contributed by atoms with E-state index in [0.29, 0.717) is 36.4 Å². The van der Waals surface area contributed by atoms with Crippen LogP contribution in [0, 0.1) is 5.92 Å². The summed E-state index contributed by atoms with van der Waals surface area (Å²) in [7, 11) is 0. The smallest absolute Gasteiger partial charge is 0.325 e. The average Bonchev–Trinajstić information content (AvgIpc) is 3.05. The number of rotatable bonds is 4. The van der Waals surface area contributed by atoms with Gasteiger partial charge in [0.1, 0.15) is 0 Å². The van der Waals surface area contributed by atoms with Crippen molar-refractivity contribution in [3.63, 3.8) is 0 Å². The minimum absolute atomic E-state index is 0.0547. The van der Waals surface area contributed by atoms with Crippen LogP contribution in [0.25, 0.3) is 0 Å². The average molecular weight is 332 g/mol. The van der Waals surface area contributed by atoms with Gasteiger partial charge in [0, 0.05) is 37.1 Å². The summed E-state index contributed by atoms with van der Waals surface area (Å²) in [5, 5.41) is 0.530. The van der Waals surface area contributed by atoms with Gasteiger partial charge in [0.15, 0.2) is 0 Å². The van der Waals surface area contributed by atoms with Gasteiger partial charge in [0.2, 0.25) is 0 Å². The summed E-state index contributed by atoms with van der Waals surface area (Å²) in [5.74, 6) is -2.29. The first-order chi connectivity index (χ1) is 11.5. The van der Waals surface area contributed by atoms with E-state index in [1.807, 2.05) is 0 Å². The maximum Gasteiger partial charge on any atom is 0.359 e. The van der Waals surface area contributed by atoms with E-state index in [4.69, 9.17) is 4.84 Å². The number of imide groups is 2. The van der Waals surface area contributed by atoms with E-state index in [1.54, 1.807) is 6.08 Å². The molecule has 24 heavy (non-hydrogen) atoms. The Labute approximate surface area is 137 Å². The maximum absolute atomic E-state index is 12.0. The van der Waals surface area contributed by atoms with Gasteiger partial charge in [-0.3, -0.25) is 24.1 Å². The van der Waals surface area contributed by atoms with E-state index in [0.717, 1.165) is 0 Å². The second-order valence-electron chi connectivity index (χ2n) is 5.95. The molecule has 126 valence electrons. The third-order valence-corrected chi connectivity index (χ3v) is 4.30. The summed E-state index contributed by atoms with van der Waals surface area (Å²) >= 11 is 0. The molecule has 3 rings (SSSR count). The summed E-state index contributed by atoms with van der Waals surface area (Å²) in [6.45, 7) is 0.312. The molecule has 1 aliphatic carbocycles. The predicted molar refractivity (Wildman–Crippen MR) is 78.5 cm³/mol. The van der Waals surface area contributed by atoms with E-state index in [2.05, 4.69) is 0 Å². The van der Waals surface area contributed by atoms with Gasteiger partial charge in [-0.25, -0.2) is 4.79 Å². The summed E-state index contributed by atoms with van der Waals surface area (Å²) in [6.07, 6.45) is 5.81. The minimum Gasteiger partial charge on any atom is -0.325 e. The molecule has 1 saturated heterocycles. The summed E-state index contributed by atoms with van der Waals surface area (Å²) in [5.41, 5.74) is 0.399. The second-order valence-corrected chi connectivity index (χ2v) is 5.95. The van der Waals surface area contributed by atoms with Crippen molar-refractivity contribution in [2.24, 2.45) is 5.92 Å². The molecular formula is C16H16N2O6. The van der Waals surface area contributed by atoms with Gasteiger partial charge in [-0.05, 0) is 25.2 Å². The van der Waals surface area contributed by atoms with Crippen molar-refractivity contribution in [2.45, 2.75) is 32.1 Å². The standard InChI is InChI=1S/C16H16N2O6/c19-12-5-6-13(20)17(12)9-10-1-3-11(4-2-10)16(23)24-18-14(21)7-8-15(18)22/h3,5-6,10H,1-2,4,7-9H2. The first kappa shape index (κ1) is 16.1. The second kappa shape index (κ2) is 6.38. The molecule has 0 aromatic heterocycles. The highest BCUT2D eigenvalue weighted by Crippen LogP contribution is 2.26. The lowest BCUT2D eigenvalue weighted by atomic mass is 9.89. The molecule has 1 unspecified atom stereocenters. The zero-order chi connectivity index (χ0) is 17.3. The van der Waals surface area contributed by atoms with Crippen LogP contribution < -0.4 is 0 Å². The molecule has 0 N–H and O–H groups in total. The largest absolute Gasteiger partial charge is 0.359 e. The molecule has 2 heterocycles. The molecule has 0 saturated carbocycles. The van der Waals surface area contributed by atoms with Gasteiger partial charge < -0.3 is 4.84 Å². The highest BCUT2D eigenvalue weighted by atomic mass is 16.7. The fourth-order valence-electron chi connectivity index (χ4n) is 2.91. The molecule has 0 aromatic rings. The third-order valence-electron chi connectivity index (χ3n) is 4.30. The zero-order valence-corrected chi connectivity index (χ0v) is 12.9. The summed E-state index contributed by atoms with van der Waals surface area (Å²) in [4.78, 5) is 64.1. The molecule has 1 atom stereocenters. The Hall–Kier alpha value is -2.77. The molecule has 1 fully saturated rings. The van der Waals surface area contributed by atoms with Gasteiger partial charge in [0.25, 0.3) is 23.6 Å². The molecule has 8 heteroatoms. The van der Waals surface area contributed by atoms with E-state index in [-0.39, 0.29) is 30.6 Å². The normalized spacial score (nSPS) is 24.0. The van der Waals surface area contributed by atoms with Crippen LogP contribution in [0.2, 0.25) is 0 Å². The molecule has 0 aromatic carbocycles. The van der Waals surface area contributed by atoms with Crippen LogP contribution >= 0.6 is 0 Å². The van der Waals surface area contributed by atoms with Crippen molar-refractivity contribution < 1.29 is 28.8 Å². The van der Waals surface area contributed by atoms with E-state index in [9.17, 15) is 24.0 Å². The number of hydrogen-bond donors (Lipinski definition) is 0. The van der Waals surface area contributed by atoms with E-state index >= 15 is 0 Å². The maximum atomic E-state index is 12.0. The van der Waals surface area contributed by atoms with Crippen LogP contribution in [0.15, 0.2) is 23.8 Å². The van der Waals surface area contributed by atoms with Crippen molar-refractivity contribution in [2.75, 3.05) is 6.54 Å². The van der Waals surface area contributed by atoms with Crippen LogP contribution in [0.5, 0.6) is 0 Å². The van der Waals surface area contributed by atoms with Crippen molar-refractivity contribution in [3.05, 3.63) is 23.8 Å². The Balaban J connectivity index is 1.54. The quantitative estimate of drug-likeness (QED) is 0.684. The number of hydroxylamine groups is 2. The Morgan fingerprint density at radius 2 is 1.67 bits per heavy atom. The topological polar surface area (TPSA) is 101 Å². The predicted octanol–water partition coefficient (Wildman–Crippen LogP) is 0.245. The van der Waals surface area contributed by atoms with Crippen LogP contribution in [-0.2, 0) is 28.8 Å². The molecule has 0 spiro atoms. The van der Waals surface area contributed by atoms with Gasteiger partial charge in [-0.2, -0.15) is 0 Å². The SMILES string of the molecule is O=C(ON1C(=O)CCC1=O)C1=CCC(CN2C(=O)C=CC2=O)CC1. The van der Waals surface area contributed by atoms with Crippen LogP contribution in [0.1, 0.15) is 32.1 Å². The molecule has 2 aliphatic heterocycles. The van der Waals surface area contributed by atoms with Gasteiger partial charge in [-0.1, -0.05) is 6.08 Å². The van der Waals surface area contributed by atoms with E-state index in [1.165, 1.54) is 17.1 Å². The molecule has 4 amide bonds. The first-order valence-corrected chi connectivity index (χ1v) is 7.76. The number of amides is 4. The number of carbonyl (C=O) groups is 5. The fourth-order valence-corrected chi connectivity index (χ4v) is 2.91. The van der Waals surface area contributed by atoms with Crippen molar-refractivity contribution >= 4 is 29.6 Å². The monoisotopic (exact) mass is 332 g/mol. The highest BCUT2D eigenvalue weighted by Gasteiger charge is 2.34. The number of carbonyl (C=O) groups excluding carboxylic acids is 5. The Kier molecular flexibility index (Phi) is 4.28. The molecular weight excluding hydrogens is 316 g/mol. The number of allylic oxidation sites excluding steroid dienone is 1. The molecule has 0 bridgehead atoms. The van der Waals surface area contributed by atoms with Gasteiger partial charge in [-0.15, -0.1) is 5.06 Å². The van der Waals surface area contributed by atoms with Crippen LogP contribution in [-0.4, -0.2) is 46.1 Å². The number of nitrogens with zero attached hydrogens (tertiary/aromatic N) is 2. The Morgan fingerprint density at radius 1 is 1.04 bits per heavy atom. The van der Waals surface area contributed by atoms with Crippen LogP contribution in [0.3, 0.4) is 0 Å². The third kappa shape index (κ3) is 3.12.